The summed E-state index contributed by atoms with van der Waals surface area (Å²) in [6.45, 7) is 0. The van der Waals surface area contributed by atoms with Crippen LogP contribution >= 0.6 is 0 Å². The van der Waals surface area contributed by atoms with Crippen molar-refractivity contribution in [3.05, 3.63) is 102 Å². The first-order valence-corrected chi connectivity index (χ1v) is 10.3. The van der Waals surface area contributed by atoms with E-state index in [9.17, 15) is 14.0 Å². The first-order chi connectivity index (χ1) is 16.5. The average Bonchev–Trinajstić information content (AvgIpc) is 3.29. The molecule has 3 heterocycles. The SMILES string of the molecule is O=C(Nc1ccc(-c2nc3cc(NC(=O)c4ccccn4)ncc3[nH]2)cc1)c1ccc(F)cc1. The highest BCUT2D eigenvalue weighted by atomic mass is 19.1. The number of carbonyl (C=O) groups excluding carboxylic acids is 2. The van der Waals surface area contributed by atoms with Crippen LogP contribution in [0, 0.1) is 5.82 Å². The van der Waals surface area contributed by atoms with Crippen LogP contribution in [0.5, 0.6) is 0 Å². The molecule has 0 radical (unpaired) electrons. The molecule has 0 saturated heterocycles. The molecule has 0 aliphatic heterocycles. The largest absolute Gasteiger partial charge is 0.337 e. The van der Waals surface area contributed by atoms with Gasteiger partial charge in [-0.15, -0.1) is 0 Å². The van der Waals surface area contributed by atoms with Crippen molar-refractivity contribution < 1.29 is 14.0 Å². The molecule has 0 aliphatic carbocycles. The van der Waals surface area contributed by atoms with Crippen LogP contribution in [-0.2, 0) is 0 Å². The molecule has 34 heavy (non-hydrogen) atoms. The highest BCUT2D eigenvalue weighted by Gasteiger charge is 2.11. The van der Waals surface area contributed by atoms with Crippen molar-refractivity contribution in [1.29, 1.82) is 0 Å². The number of pyridine rings is 2. The van der Waals surface area contributed by atoms with Gasteiger partial charge in [0.15, 0.2) is 0 Å². The van der Waals surface area contributed by atoms with Gasteiger partial charge in [0, 0.05) is 29.1 Å². The highest BCUT2D eigenvalue weighted by Crippen LogP contribution is 2.23. The number of anilines is 2. The quantitative estimate of drug-likeness (QED) is 0.359. The zero-order valence-electron chi connectivity index (χ0n) is 17.6. The Morgan fingerprint density at radius 1 is 0.853 bits per heavy atom. The standard InChI is InChI=1S/C25H17FN6O2/c26-17-8-4-16(5-9-17)24(33)29-18-10-6-15(7-11-18)23-30-20-13-22(28-14-21(20)31-23)32-25(34)19-3-1-2-12-27-19/h1-14H,(H,29,33)(H,30,31)(H,28,32,34). The molecule has 0 atom stereocenters. The molecule has 5 aromatic rings. The number of rotatable bonds is 5. The number of halogens is 1. The van der Waals surface area contributed by atoms with Gasteiger partial charge in [-0.1, -0.05) is 6.07 Å². The first kappa shape index (κ1) is 21.0. The first-order valence-electron chi connectivity index (χ1n) is 10.3. The molecule has 0 aliphatic rings. The smallest absolute Gasteiger partial charge is 0.275 e. The average molecular weight is 452 g/mol. The molecule has 3 aromatic heterocycles. The minimum Gasteiger partial charge on any atom is -0.337 e. The fraction of sp³-hybridized carbons (Fsp3) is 0. The van der Waals surface area contributed by atoms with Gasteiger partial charge in [0.25, 0.3) is 11.8 Å². The van der Waals surface area contributed by atoms with E-state index in [1.54, 1.807) is 48.8 Å². The van der Waals surface area contributed by atoms with Crippen LogP contribution in [0.2, 0.25) is 0 Å². The Morgan fingerprint density at radius 3 is 2.38 bits per heavy atom. The number of nitrogens with zero attached hydrogens (tertiary/aromatic N) is 3. The lowest BCUT2D eigenvalue weighted by molar-refractivity contribution is 0.101. The van der Waals surface area contributed by atoms with Gasteiger partial charge in [-0.2, -0.15) is 0 Å². The third kappa shape index (κ3) is 4.49. The maximum Gasteiger partial charge on any atom is 0.275 e. The molecule has 2 aromatic carbocycles. The summed E-state index contributed by atoms with van der Waals surface area (Å²) in [6.07, 6.45) is 3.14. The minimum absolute atomic E-state index is 0.290. The van der Waals surface area contributed by atoms with E-state index >= 15 is 0 Å². The topological polar surface area (TPSA) is 113 Å². The number of hydrogen-bond acceptors (Lipinski definition) is 5. The Hall–Kier alpha value is -4.92. The van der Waals surface area contributed by atoms with Crippen molar-refractivity contribution in [1.82, 2.24) is 19.9 Å². The molecule has 0 unspecified atom stereocenters. The number of H-pyrrole nitrogens is 1. The van der Waals surface area contributed by atoms with Crippen molar-refractivity contribution in [3.8, 4) is 11.4 Å². The third-order valence-electron chi connectivity index (χ3n) is 5.03. The van der Waals surface area contributed by atoms with E-state index in [1.807, 2.05) is 12.1 Å². The highest BCUT2D eigenvalue weighted by molar-refractivity contribution is 6.04. The van der Waals surface area contributed by atoms with Gasteiger partial charge in [0.1, 0.15) is 23.2 Å². The van der Waals surface area contributed by atoms with Crippen LogP contribution in [0.25, 0.3) is 22.4 Å². The Labute approximate surface area is 192 Å². The Balaban J connectivity index is 1.30. The summed E-state index contributed by atoms with van der Waals surface area (Å²) in [5.41, 5.74) is 3.39. The maximum atomic E-state index is 13.0. The molecule has 5 rings (SSSR count). The number of carbonyl (C=O) groups is 2. The number of hydrogen-bond donors (Lipinski definition) is 3. The number of aromatic amines is 1. The molecule has 0 spiro atoms. The second-order valence-corrected chi connectivity index (χ2v) is 7.38. The summed E-state index contributed by atoms with van der Waals surface area (Å²) >= 11 is 0. The van der Waals surface area contributed by atoms with Gasteiger partial charge >= 0.3 is 0 Å². The fourth-order valence-electron chi connectivity index (χ4n) is 3.31. The molecule has 8 nitrogen and oxygen atoms in total. The van der Waals surface area contributed by atoms with E-state index < -0.39 is 5.82 Å². The van der Waals surface area contributed by atoms with E-state index in [0.717, 1.165) is 5.56 Å². The van der Waals surface area contributed by atoms with Crippen molar-refractivity contribution in [3.63, 3.8) is 0 Å². The molecular formula is C25H17FN6O2. The number of nitrogens with one attached hydrogen (secondary N) is 3. The van der Waals surface area contributed by atoms with Gasteiger partial charge in [-0.25, -0.2) is 14.4 Å². The number of aromatic nitrogens is 4. The van der Waals surface area contributed by atoms with Crippen molar-refractivity contribution in [2.24, 2.45) is 0 Å². The molecular weight excluding hydrogens is 435 g/mol. The van der Waals surface area contributed by atoms with E-state index in [1.165, 1.54) is 24.3 Å². The summed E-state index contributed by atoms with van der Waals surface area (Å²) in [7, 11) is 0. The predicted molar refractivity (Wildman–Crippen MR) is 126 cm³/mol. The number of fused-ring (bicyclic) bond motifs is 1. The summed E-state index contributed by atoms with van der Waals surface area (Å²) < 4.78 is 13.0. The van der Waals surface area contributed by atoms with E-state index in [-0.39, 0.29) is 11.8 Å². The second kappa shape index (κ2) is 8.91. The van der Waals surface area contributed by atoms with Crippen LogP contribution in [0.15, 0.2) is 85.2 Å². The Morgan fingerprint density at radius 2 is 1.65 bits per heavy atom. The molecule has 2 amide bonds. The van der Waals surface area contributed by atoms with Crippen molar-refractivity contribution in [2.45, 2.75) is 0 Å². The fourth-order valence-corrected chi connectivity index (χ4v) is 3.31. The van der Waals surface area contributed by atoms with E-state index in [2.05, 4.69) is 30.6 Å². The zero-order chi connectivity index (χ0) is 23.5. The van der Waals surface area contributed by atoms with Crippen LogP contribution in [0.1, 0.15) is 20.8 Å². The second-order valence-electron chi connectivity index (χ2n) is 7.38. The van der Waals surface area contributed by atoms with E-state index in [0.29, 0.717) is 39.6 Å². The molecule has 3 N–H and O–H groups in total. The number of amides is 2. The lowest BCUT2D eigenvalue weighted by Crippen LogP contribution is -2.14. The van der Waals surface area contributed by atoms with Crippen LogP contribution < -0.4 is 10.6 Å². The number of benzene rings is 2. The molecule has 9 heteroatoms. The summed E-state index contributed by atoms with van der Waals surface area (Å²) in [4.78, 5) is 40.7. The Bertz CT molecular complexity index is 1480. The molecule has 0 saturated carbocycles. The monoisotopic (exact) mass is 452 g/mol. The van der Waals surface area contributed by atoms with Gasteiger partial charge < -0.3 is 15.6 Å². The number of imidazole rings is 1. The summed E-state index contributed by atoms with van der Waals surface area (Å²) in [5.74, 6) is -0.115. The summed E-state index contributed by atoms with van der Waals surface area (Å²) in [6, 6.07) is 19.2. The van der Waals surface area contributed by atoms with Gasteiger partial charge in [-0.05, 0) is 60.7 Å². The maximum absolute atomic E-state index is 13.0. The lowest BCUT2D eigenvalue weighted by Gasteiger charge is -2.06. The predicted octanol–water partition coefficient (Wildman–Crippen LogP) is 4.66. The van der Waals surface area contributed by atoms with Crippen molar-refractivity contribution in [2.75, 3.05) is 10.6 Å². The lowest BCUT2D eigenvalue weighted by atomic mass is 10.1. The molecule has 0 bridgehead atoms. The third-order valence-corrected chi connectivity index (χ3v) is 5.03. The van der Waals surface area contributed by atoms with Crippen LogP contribution in [-0.4, -0.2) is 31.8 Å². The van der Waals surface area contributed by atoms with Crippen LogP contribution in [0.3, 0.4) is 0 Å². The van der Waals surface area contributed by atoms with Crippen molar-refractivity contribution >= 4 is 34.4 Å². The summed E-state index contributed by atoms with van der Waals surface area (Å²) in [5, 5.41) is 5.49. The Kier molecular flexibility index (Phi) is 5.49. The normalized spacial score (nSPS) is 10.7. The van der Waals surface area contributed by atoms with E-state index in [4.69, 9.17) is 0 Å². The zero-order valence-corrected chi connectivity index (χ0v) is 17.6. The minimum atomic E-state index is -0.398. The van der Waals surface area contributed by atoms with Gasteiger partial charge in [-0.3, -0.25) is 14.6 Å². The van der Waals surface area contributed by atoms with Gasteiger partial charge in [0.05, 0.1) is 17.2 Å². The molecule has 166 valence electrons. The van der Waals surface area contributed by atoms with Gasteiger partial charge in [0.2, 0.25) is 0 Å². The van der Waals surface area contributed by atoms with Crippen LogP contribution in [0.4, 0.5) is 15.9 Å². The molecule has 0 fully saturated rings.